The van der Waals surface area contributed by atoms with E-state index < -0.39 is 0 Å². The van der Waals surface area contributed by atoms with Crippen molar-refractivity contribution < 1.29 is 5.21 Å². The first-order valence-electron chi connectivity index (χ1n) is 4.73. The molecule has 1 N–H and O–H groups in total. The predicted molar refractivity (Wildman–Crippen MR) is 62.8 cm³/mol. The Balaban J connectivity index is 2.60. The lowest BCUT2D eigenvalue weighted by Crippen LogP contribution is -2.19. The van der Waals surface area contributed by atoms with Crippen molar-refractivity contribution in [1.29, 1.82) is 0 Å². The molecule has 0 aliphatic carbocycles. The van der Waals surface area contributed by atoms with Crippen molar-refractivity contribution in [2.75, 3.05) is 13.6 Å². The van der Waals surface area contributed by atoms with Gasteiger partial charge in [-0.05, 0) is 31.2 Å². The van der Waals surface area contributed by atoms with Crippen LogP contribution in [0.2, 0.25) is 5.02 Å². The zero-order chi connectivity index (χ0) is 11.3. The largest absolute Gasteiger partial charge is 0.411 e. The molecule has 15 heavy (non-hydrogen) atoms. The van der Waals surface area contributed by atoms with E-state index in [-0.39, 0.29) is 0 Å². The van der Waals surface area contributed by atoms with Crippen molar-refractivity contribution in [2.45, 2.75) is 13.5 Å². The summed E-state index contributed by atoms with van der Waals surface area (Å²) in [5.74, 6) is 0. The lowest BCUT2D eigenvalue weighted by Gasteiger charge is -2.14. The third-order valence-corrected chi connectivity index (χ3v) is 2.57. The molecule has 0 heterocycles. The SMILES string of the molecule is Cc1cc(CN(C)C/C=N/O)ccc1Cl. The van der Waals surface area contributed by atoms with Crippen LogP contribution in [0.3, 0.4) is 0 Å². The molecule has 0 spiro atoms. The van der Waals surface area contributed by atoms with E-state index >= 15 is 0 Å². The van der Waals surface area contributed by atoms with E-state index in [1.54, 1.807) is 0 Å². The first-order valence-corrected chi connectivity index (χ1v) is 5.10. The van der Waals surface area contributed by atoms with Gasteiger partial charge in [-0.2, -0.15) is 0 Å². The van der Waals surface area contributed by atoms with Crippen molar-refractivity contribution in [2.24, 2.45) is 5.16 Å². The second-order valence-corrected chi connectivity index (χ2v) is 3.99. The lowest BCUT2D eigenvalue weighted by molar-refractivity contribution is 0.313. The molecule has 0 amide bonds. The van der Waals surface area contributed by atoms with Gasteiger partial charge in [-0.25, -0.2) is 0 Å². The van der Waals surface area contributed by atoms with Gasteiger partial charge >= 0.3 is 0 Å². The molecular formula is C11H15ClN2O. The number of aryl methyl sites for hydroxylation is 1. The minimum Gasteiger partial charge on any atom is -0.411 e. The van der Waals surface area contributed by atoms with Crippen molar-refractivity contribution in [1.82, 2.24) is 4.90 Å². The average molecular weight is 227 g/mol. The normalized spacial score (nSPS) is 11.5. The van der Waals surface area contributed by atoms with Gasteiger partial charge in [-0.3, -0.25) is 4.90 Å². The standard InChI is InChI=1S/C11H15ClN2O/c1-9-7-10(3-4-11(9)12)8-14(2)6-5-13-15/h3-5,7,15H,6,8H2,1-2H3/b13-5+. The van der Waals surface area contributed by atoms with Crippen LogP contribution in [-0.4, -0.2) is 29.9 Å². The Hall–Kier alpha value is -1.06. The molecule has 1 aromatic rings. The molecule has 0 atom stereocenters. The Bertz CT molecular complexity index is 352. The smallest absolute Gasteiger partial charge is 0.0576 e. The van der Waals surface area contributed by atoms with Gasteiger partial charge in [-0.1, -0.05) is 23.7 Å². The van der Waals surface area contributed by atoms with E-state index in [4.69, 9.17) is 16.8 Å². The maximum atomic E-state index is 8.29. The number of hydrogen-bond donors (Lipinski definition) is 1. The van der Waals surface area contributed by atoms with Gasteiger partial charge in [0, 0.05) is 18.1 Å². The first-order chi connectivity index (χ1) is 7.13. The molecular weight excluding hydrogens is 212 g/mol. The summed E-state index contributed by atoms with van der Waals surface area (Å²) >= 11 is 5.93. The Morgan fingerprint density at radius 2 is 2.27 bits per heavy atom. The molecule has 0 fully saturated rings. The fraction of sp³-hybridized carbons (Fsp3) is 0.364. The summed E-state index contributed by atoms with van der Waals surface area (Å²) in [6.45, 7) is 3.42. The highest BCUT2D eigenvalue weighted by molar-refractivity contribution is 6.31. The summed E-state index contributed by atoms with van der Waals surface area (Å²) in [6, 6.07) is 5.97. The van der Waals surface area contributed by atoms with Crippen LogP contribution in [-0.2, 0) is 6.54 Å². The zero-order valence-corrected chi connectivity index (χ0v) is 9.70. The summed E-state index contributed by atoms with van der Waals surface area (Å²) in [7, 11) is 1.96. The average Bonchev–Trinajstić information content (AvgIpc) is 2.20. The molecule has 0 saturated carbocycles. The predicted octanol–water partition coefficient (Wildman–Crippen LogP) is 2.54. The van der Waals surface area contributed by atoms with Crippen LogP contribution < -0.4 is 0 Å². The highest BCUT2D eigenvalue weighted by atomic mass is 35.5. The maximum Gasteiger partial charge on any atom is 0.0576 e. The van der Waals surface area contributed by atoms with Gasteiger partial charge in [0.05, 0.1) is 6.21 Å². The molecule has 0 saturated heterocycles. The van der Waals surface area contributed by atoms with Gasteiger partial charge in [0.2, 0.25) is 0 Å². The van der Waals surface area contributed by atoms with Crippen LogP contribution in [0.15, 0.2) is 23.4 Å². The van der Waals surface area contributed by atoms with Crippen LogP contribution >= 0.6 is 11.6 Å². The van der Waals surface area contributed by atoms with Crippen LogP contribution in [0.1, 0.15) is 11.1 Å². The van der Waals surface area contributed by atoms with E-state index in [1.807, 2.05) is 31.0 Å². The second kappa shape index (κ2) is 5.73. The molecule has 0 unspecified atom stereocenters. The fourth-order valence-electron chi connectivity index (χ4n) is 1.36. The molecule has 1 aromatic carbocycles. The molecule has 1 rings (SSSR count). The fourth-order valence-corrected chi connectivity index (χ4v) is 1.47. The number of halogens is 1. The lowest BCUT2D eigenvalue weighted by atomic mass is 10.1. The van der Waals surface area contributed by atoms with Crippen molar-refractivity contribution >= 4 is 17.8 Å². The molecule has 3 nitrogen and oxygen atoms in total. The van der Waals surface area contributed by atoms with Crippen LogP contribution in [0.5, 0.6) is 0 Å². The van der Waals surface area contributed by atoms with E-state index in [1.165, 1.54) is 11.8 Å². The van der Waals surface area contributed by atoms with Crippen LogP contribution in [0, 0.1) is 6.92 Å². The number of rotatable bonds is 4. The molecule has 82 valence electrons. The summed E-state index contributed by atoms with van der Waals surface area (Å²) in [6.07, 6.45) is 1.46. The second-order valence-electron chi connectivity index (χ2n) is 3.58. The minimum absolute atomic E-state index is 0.623. The topological polar surface area (TPSA) is 35.8 Å². The van der Waals surface area contributed by atoms with Gasteiger partial charge in [0.25, 0.3) is 0 Å². The van der Waals surface area contributed by atoms with Crippen molar-refractivity contribution in [3.63, 3.8) is 0 Å². The van der Waals surface area contributed by atoms with Gasteiger partial charge in [-0.15, -0.1) is 5.16 Å². The number of benzene rings is 1. The first kappa shape index (κ1) is 12.0. The number of hydrogen-bond acceptors (Lipinski definition) is 3. The molecule has 0 aliphatic heterocycles. The molecule has 0 bridgehead atoms. The Morgan fingerprint density at radius 1 is 1.53 bits per heavy atom. The van der Waals surface area contributed by atoms with Crippen molar-refractivity contribution in [3.8, 4) is 0 Å². The summed E-state index contributed by atoms with van der Waals surface area (Å²) < 4.78 is 0. The monoisotopic (exact) mass is 226 g/mol. The van der Waals surface area contributed by atoms with Gasteiger partial charge < -0.3 is 5.21 Å². The molecule has 0 radical (unpaired) electrons. The third kappa shape index (κ3) is 3.90. The molecule has 4 heteroatoms. The van der Waals surface area contributed by atoms with Crippen LogP contribution in [0.4, 0.5) is 0 Å². The Morgan fingerprint density at radius 3 is 2.87 bits per heavy atom. The highest BCUT2D eigenvalue weighted by Gasteiger charge is 2.01. The highest BCUT2D eigenvalue weighted by Crippen LogP contribution is 2.16. The third-order valence-electron chi connectivity index (χ3n) is 2.15. The summed E-state index contributed by atoms with van der Waals surface area (Å²) in [5.41, 5.74) is 2.28. The minimum atomic E-state index is 0.623. The van der Waals surface area contributed by atoms with Crippen LogP contribution in [0.25, 0.3) is 0 Å². The molecule has 0 aromatic heterocycles. The van der Waals surface area contributed by atoms with Crippen molar-refractivity contribution in [3.05, 3.63) is 34.3 Å². The van der Waals surface area contributed by atoms with E-state index in [9.17, 15) is 0 Å². The van der Waals surface area contributed by atoms with E-state index in [0.29, 0.717) is 6.54 Å². The van der Waals surface area contributed by atoms with Gasteiger partial charge in [0.1, 0.15) is 0 Å². The maximum absolute atomic E-state index is 8.29. The Labute approximate surface area is 95.0 Å². The Kier molecular flexibility index (Phi) is 4.59. The quantitative estimate of drug-likeness (QED) is 0.487. The molecule has 0 aliphatic rings. The summed E-state index contributed by atoms with van der Waals surface area (Å²) in [4.78, 5) is 2.04. The van der Waals surface area contributed by atoms with E-state index in [0.717, 1.165) is 17.1 Å². The van der Waals surface area contributed by atoms with Gasteiger partial charge in [0.15, 0.2) is 0 Å². The zero-order valence-electron chi connectivity index (χ0n) is 8.94. The van der Waals surface area contributed by atoms with E-state index in [2.05, 4.69) is 11.2 Å². The number of oxime groups is 1. The summed E-state index contributed by atoms with van der Waals surface area (Å²) in [5, 5.41) is 12.0. The number of nitrogens with zero attached hydrogens (tertiary/aromatic N) is 2.